The zero-order valence-corrected chi connectivity index (χ0v) is 8.69. The Bertz CT molecular complexity index is 387. The summed E-state index contributed by atoms with van der Waals surface area (Å²) in [6.45, 7) is 0. The van der Waals surface area contributed by atoms with Gasteiger partial charge < -0.3 is 0 Å². The highest BCUT2D eigenvalue weighted by Crippen LogP contribution is 2.24. The van der Waals surface area contributed by atoms with Crippen LogP contribution in [0.1, 0.15) is 25.7 Å². The van der Waals surface area contributed by atoms with Crippen LogP contribution in [0.2, 0.25) is 0 Å². The van der Waals surface area contributed by atoms with Gasteiger partial charge in [-0.05, 0) is 31.4 Å². The normalized spacial score (nSPS) is 23.7. The fourth-order valence-corrected chi connectivity index (χ4v) is 1.94. The maximum atomic E-state index is 9.01. The first kappa shape index (κ1) is 9.92. The third-order valence-electron chi connectivity index (χ3n) is 2.76. The van der Waals surface area contributed by atoms with Crippen molar-refractivity contribution < 1.29 is 0 Å². The molecule has 0 radical (unpaired) electrons. The summed E-state index contributed by atoms with van der Waals surface area (Å²) in [5.74, 6) is 0.0407. The maximum Gasteiger partial charge on any atom is 0.0845 e. The lowest BCUT2D eigenvalue weighted by Gasteiger charge is -2.17. The number of rotatable bonds is 1. The van der Waals surface area contributed by atoms with E-state index in [0.29, 0.717) is 0 Å². The smallest absolute Gasteiger partial charge is 0.0845 e. The van der Waals surface area contributed by atoms with E-state index in [2.05, 4.69) is 11.1 Å². The highest BCUT2D eigenvalue weighted by molar-refractivity contribution is 5.91. The van der Waals surface area contributed by atoms with E-state index in [1.807, 2.05) is 30.3 Å². The molecule has 0 heterocycles. The van der Waals surface area contributed by atoms with Gasteiger partial charge in [-0.25, -0.2) is 0 Å². The predicted molar refractivity (Wildman–Crippen MR) is 61.1 cm³/mol. The molecule has 0 spiro atoms. The van der Waals surface area contributed by atoms with Gasteiger partial charge in [-0.1, -0.05) is 24.6 Å². The molecule has 1 saturated carbocycles. The first-order valence-electron chi connectivity index (χ1n) is 5.42. The molecule has 1 aromatic rings. The summed E-state index contributed by atoms with van der Waals surface area (Å²) in [5, 5.41) is 9.01. The van der Waals surface area contributed by atoms with Crippen molar-refractivity contribution in [3.8, 4) is 6.07 Å². The van der Waals surface area contributed by atoms with Gasteiger partial charge >= 0.3 is 0 Å². The minimum atomic E-state index is 0.0407. The van der Waals surface area contributed by atoms with Crippen molar-refractivity contribution in [2.45, 2.75) is 25.7 Å². The van der Waals surface area contributed by atoms with E-state index in [1.54, 1.807) is 0 Å². The molecule has 2 heteroatoms. The molecule has 76 valence electrons. The summed E-state index contributed by atoms with van der Waals surface area (Å²) < 4.78 is 0. The molecule has 0 bridgehead atoms. The van der Waals surface area contributed by atoms with Crippen LogP contribution in [0.15, 0.2) is 35.3 Å². The van der Waals surface area contributed by atoms with Crippen molar-refractivity contribution >= 4 is 11.4 Å². The molecule has 1 aliphatic carbocycles. The second kappa shape index (κ2) is 4.75. The summed E-state index contributed by atoms with van der Waals surface area (Å²) in [7, 11) is 0. The van der Waals surface area contributed by atoms with Gasteiger partial charge in [0.25, 0.3) is 0 Å². The molecule has 0 N–H and O–H groups in total. The van der Waals surface area contributed by atoms with Crippen LogP contribution in [0, 0.1) is 17.2 Å². The largest absolute Gasteiger partial charge is 0.256 e. The topological polar surface area (TPSA) is 36.1 Å². The number of aliphatic imine (C=N–C) groups is 1. The standard InChI is InChI=1S/C13H14N2/c14-10-11-6-4-5-9-13(11)15-12-7-2-1-3-8-12/h1-3,7-8,11H,4-6,9H2. The lowest BCUT2D eigenvalue weighted by atomic mass is 9.88. The van der Waals surface area contributed by atoms with E-state index in [1.165, 1.54) is 6.42 Å². The average molecular weight is 198 g/mol. The van der Waals surface area contributed by atoms with E-state index < -0.39 is 0 Å². The molecule has 0 amide bonds. The van der Waals surface area contributed by atoms with Crippen LogP contribution < -0.4 is 0 Å². The Kier molecular flexibility index (Phi) is 3.14. The van der Waals surface area contributed by atoms with Crippen molar-refractivity contribution in [2.24, 2.45) is 10.9 Å². The first-order valence-corrected chi connectivity index (χ1v) is 5.42. The summed E-state index contributed by atoms with van der Waals surface area (Å²) in [6.07, 6.45) is 4.28. The summed E-state index contributed by atoms with van der Waals surface area (Å²) >= 11 is 0. The fourth-order valence-electron chi connectivity index (χ4n) is 1.94. The van der Waals surface area contributed by atoms with Gasteiger partial charge in [0.05, 0.1) is 17.7 Å². The Morgan fingerprint density at radius 1 is 1.20 bits per heavy atom. The summed E-state index contributed by atoms with van der Waals surface area (Å²) in [4.78, 5) is 4.56. The van der Waals surface area contributed by atoms with Crippen LogP contribution >= 0.6 is 0 Å². The van der Waals surface area contributed by atoms with Crippen molar-refractivity contribution in [1.82, 2.24) is 0 Å². The third-order valence-corrected chi connectivity index (χ3v) is 2.76. The first-order chi connectivity index (χ1) is 7.40. The van der Waals surface area contributed by atoms with Gasteiger partial charge in [-0.3, -0.25) is 4.99 Å². The Hall–Kier alpha value is -1.62. The number of nitrogens with zero attached hydrogens (tertiary/aromatic N) is 2. The Morgan fingerprint density at radius 3 is 2.73 bits per heavy atom. The molecule has 2 rings (SSSR count). The van der Waals surface area contributed by atoms with Crippen LogP contribution in [-0.2, 0) is 0 Å². The molecule has 0 aliphatic heterocycles. The van der Waals surface area contributed by atoms with Crippen LogP contribution in [0.5, 0.6) is 0 Å². The molecule has 1 aromatic carbocycles. The maximum absolute atomic E-state index is 9.01. The Labute approximate surface area is 90.3 Å². The quantitative estimate of drug-likeness (QED) is 0.680. The number of benzene rings is 1. The lowest BCUT2D eigenvalue weighted by Crippen LogP contribution is -2.17. The van der Waals surface area contributed by atoms with Crippen molar-refractivity contribution in [1.29, 1.82) is 5.26 Å². The molecule has 1 fully saturated rings. The summed E-state index contributed by atoms with van der Waals surface area (Å²) in [5.41, 5.74) is 2.03. The number of hydrogen-bond donors (Lipinski definition) is 0. The minimum Gasteiger partial charge on any atom is -0.256 e. The zero-order chi connectivity index (χ0) is 10.5. The van der Waals surface area contributed by atoms with Crippen LogP contribution in [0.3, 0.4) is 0 Å². The molecule has 1 atom stereocenters. The highest BCUT2D eigenvalue weighted by atomic mass is 14.8. The van der Waals surface area contributed by atoms with Crippen molar-refractivity contribution in [3.63, 3.8) is 0 Å². The molecule has 2 nitrogen and oxygen atoms in total. The number of hydrogen-bond acceptors (Lipinski definition) is 2. The van der Waals surface area contributed by atoms with Gasteiger partial charge in [-0.15, -0.1) is 0 Å². The van der Waals surface area contributed by atoms with Gasteiger partial charge in [0.1, 0.15) is 0 Å². The third kappa shape index (κ3) is 2.44. The van der Waals surface area contributed by atoms with Crippen LogP contribution in [-0.4, -0.2) is 5.71 Å². The monoisotopic (exact) mass is 198 g/mol. The van der Waals surface area contributed by atoms with E-state index in [4.69, 9.17) is 5.26 Å². The molecule has 0 aromatic heterocycles. The number of nitriles is 1. The van der Waals surface area contributed by atoms with Crippen LogP contribution in [0.4, 0.5) is 5.69 Å². The highest BCUT2D eigenvalue weighted by Gasteiger charge is 2.19. The second-order valence-corrected chi connectivity index (χ2v) is 3.87. The lowest BCUT2D eigenvalue weighted by molar-refractivity contribution is 0.601. The van der Waals surface area contributed by atoms with Gasteiger partial charge in [0, 0.05) is 5.71 Å². The molecule has 1 aliphatic rings. The Balaban J connectivity index is 2.22. The van der Waals surface area contributed by atoms with Gasteiger partial charge in [-0.2, -0.15) is 5.26 Å². The Morgan fingerprint density at radius 2 is 2.00 bits per heavy atom. The molecule has 1 unspecified atom stereocenters. The minimum absolute atomic E-state index is 0.0407. The van der Waals surface area contributed by atoms with E-state index >= 15 is 0 Å². The fraction of sp³-hybridized carbons (Fsp3) is 0.385. The number of para-hydroxylation sites is 1. The van der Waals surface area contributed by atoms with Crippen molar-refractivity contribution in [3.05, 3.63) is 30.3 Å². The summed E-state index contributed by atoms with van der Waals surface area (Å²) in [6, 6.07) is 12.2. The molecule has 0 saturated heterocycles. The van der Waals surface area contributed by atoms with E-state index in [9.17, 15) is 0 Å². The average Bonchev–Trinajstić information content (AvgIpc) is 2.31. The second-order valence-electron chi connectivity index (χ2n) is 3.87. The van der Waals surface area contributed by atoms with E-state index in [0.717, 1.165) is 30.7 Å². The van der Waals surface area contributed by atoms with Crippen molar-refractivity contribution in [2.75, 3.05) is 0 Å². The van der Waals surface area contributed by atoms with Gasteiger partial charge in [0.2, 0.25) is 0 Å². The van der Waals surface area contributed by atoms with E-state index in [-0.39, 0.29) is 5.92 Å². The molecular formula is C13H14N2. The van der Waals surface area contributed by atoms with Gasteiger partial charge in [0.15, 0.2) is 0 Å². The van der Waals surface area contributed by atoms with Crippen LogP contribution in [0.25, 0.3) is 0 Å². The SMILES string of the molecule is N#CC1CCCCC1=Nc1ccccc1. The molecular weight excluding hydrogens is 184 g/mol. The zero-order valence-electron chi connectivity index (χ0n) is 8.69. The predicted octanol–water partition coefficient (Wildman–Crippen LogP) is 3.47. The molecule has 15 heavy (non-hydrogen) atoms.